The van der Waals surface area contributed by atoms with E-state index in [1.54, 1.807) is 7.05 Å². The van der Waals surface area contributed by atoms with Gasteiger partial charge in [-0.2, -0.15) is 0 Å². The van der Waals surface area contributed by atoms with Crippen molar-refractivity contribution < 1.29 is 23.0 Å². The predicted molar refractivity (Wildman–Crippen MR) is 116 cm³/mol. The van der Waals surface area contributed by atoms with E-state index in [9.17, 15) is 9.59 Å². The second-order valence-electron chi connectivity index (χ2n) is 4.91. The van der Waals surface area contributed by atoms with E-state index < -0.39 is 11.8 Å². The van der Waals surface area contributed by atoms with Crippen molar-refractivity contribution in [2.75, 3.05) is 32.1 Å². The molecule has 0 saturated heterocycles. The van der Waals surface area contributed by atoms with Gasteiger partial charge in [0, 0.05) is 25.7 Å². The van der Waals surface area contributed by atoms with Crippen LogP contribution in [-0.2, 0) is 0 Å². The highest BCUT2D eigenvalue weighted by Gasteiger charge is 2.15. The fourth-order valence-electron chi connectivity index (χ4n) is 1.67. The zero-order valence-corrected chi connectivity index (χ0v) is 18.1. The first kappa shape index (κ1) is 27.2. The third kappa shape index (κ3) is 11.2. The van der Waals surface area contributed by atoms with Crippen molar-refractivity contribution in [3.63, 3.8) is 0 Å². The molecular weight excluding hydrogens is 441 g/mol. The molecule has 0 spiro atoms. The molecule has 170 valence electrons. The molecule has 0 saturated carbocycles. The summed E-state index contributed by atoms with van der Waals surface area (Å²) < 4.78 is 10.0. The number of rotatable bonds is 4. The first-order valence-corrected chi connectivity index (χ1v) is 8.56. The SMILES string of the molecule is CCCN(C)C(=O)c1nc(N)cc(Cl)n1.CN.Nc1cc(Cl)nc(C(=O)O)n1.[2H]N.[2H]O. The lowest BCUT2D eigenvalue weighted by Gasteiger charge is -2.14. The van der Waals surface area contributed by atoms with Crippen molar-refractivity contribution in [1.29, 1.82) is 0 Å². The summed E-state index contributed by atoms with van der Waals surface area (Å²) in [5, 5.41) is 8.59. The molecule has 12 N–H and O–H groups in total. The molecule has 2 rings (SSSR count). The Kier molecular flexibility index (Phi) is 14.5. The van der Waals surface area contributed by atoms with Gasteiger partial charge >= 0.3 is 5.97 Å². The Labute approximate surface area is 186 Å². The molecular formula is C15H27Cl2N9O4. The lowest BCUT2D eigenvalue weighted by Crippen LogP contribution is -2.29. The summed E-state index contributed by atoms with van der Waals surface area (Å²) in [5.41, 5.74) is 21.4. The van der Waals surface area contributed by atoms with E-state index in [0.29, 0.717) is 6.54 Å². The van der Waals surface area contributed by atoms with Gasteiger partial charge in [0.2, 0.25) is 13.1 Å². The van der Waals surface area contributed by atoms with Crippen LogP contribution >= 0.6 is 23.2 Å². The highest BCUT2D eigenvalue weighted by Crippen LogP contribution is 2.10. The number of nitrogen functional groups attached to an aromatic ring is 2. The van der Waals surface area contributed by atoms with E-state index in [0.717, 1.165) is 6.42 Å². The molecule has 0 aliphatic carbocycles. The van der Waals surface area contributed by atoms with Crippen molar-refractivity contribution in [1.82, 2.24) is 31.0 Å². The molecule has 0 atom stereocenters. The van der Waals surface area contributed by atoms with E-state index in [1.165, 1.54) is 24.1 Å². The number of amides is 1. The number of halogens is 2. The van der Waals surface area contributed by atoms with E-state index in [2.05, 4.69) is 31.8 Å². The molecule has 0 bridgehead atoms. The third-order valence-electron chi connectivity index (χ3n) is 2.72. The quantitative estimate of drug-likeness (QED) is 0.385. The Balaban J connectivity index is -0.000000437. The predicted octanol–water partition coefficient (Wildman–Crippen LogP) is 0.517. The van der Waals surface area contributed by atoms with Crippen molar-refractivity contribution in [3.05, 3.63) is 34.1 Å². The molecule has 0 aromatic carbocycles. The standard InChI is InChI=1S/C9H13ClN4O.C5H4ClN3O2.CH5N.H3N.H2O/c1-3-4-14(2)9(15)8-12-6(10)5-7(11)13-8;6-2-1-3(7)9-4(8-2)5(10)11;1-2;;/h5H,3-4H2,1-2H3,(H2,11,12,13);1H,(H,10,11)(H2,7,8,9);2H2,1H3;1H3;1H2/i/hD2. The lowest BCUT2D eigenvalue weighted by molar-refractivity contribution is 0.0683. The normalized spacial score (nSPS) is 9.20. The number of carbonyl (C=O) groups excluding carboxylic acids is 1. The third-order valence-corrected chi connectivity index (χ3v) is 3.10. The Morgan fingerprint density at radius 2 is 1.50 bits per heavy atom. The van der Waals surface area contributed by atoms with Gasteiger partial charge in [-0.05, 0) is 13.5 Å². The molecule has 0 aliphatic heterocycles. The highest BCUT2D eigenvalue weighted by molar-refractivity contribution is 6.30. The van der Waals surface area contributed by atoms with Crippen LogP contribution in [0.5, 0.6) is 0 Å². The molecule has 0 aliphatic rings. The van der Waals surface area contributed by atoms with Crippen LogP contribution in [0.1, 0.15) is 36.0 Å². The summed E-state index contributed by atoms with van der Waals surface area (Å²) in [5.74, 6) is -1.64. The molecule has 1 amide bonds. The minimum Gasteiger partial charge on any atom is -0.475 e. The van der Waals surface area contributed by atoms with Crippen LogP contribution in [0.15, 0.2) is 12.1 Å². The highest BCUT2D eigenvalue weighted by atomic mass is 35.5. The van der Waals surface area contributed by atoms with Gasteiger partial charge in [0.05, 0.1) is 0 Å². The van der Waals surface area contributed by atoms with Gasteiger partial charge < -0.3 is 38.8 Å². The maximum Gasteiger partial charge on any atom is 0.374 e. The Hall–Kier alpha value is -2.84. The molecule has 30 heavy (non-hydrogen) atoms. The van der Waals surface area contributed by atoms with Crippen molar-refractivity contribution in [2.45, 2.75) is 13.3 Å². The van der Waals surface area contributed by atoms with Gasteiger partial charge in [-0.1, -0.05) is 30.1 Å². The average Bonchev–Trinajstić information content (AvgIpc) is 2.76. The molecule has 2 heterocycles. The molecule has 2 aromatic heterocycles. The number of hydrogen-bond acceptors (Lipinski definition) is 10. The largest absolute Gasteiger partial charge is 0.475 e. The minimum atomic E-state index is -1.25. The van der Waals surface area contributed by atoms with E-state index in [-0.39, 0.29) is 33.7 Å². The summed E-state index contributed by atoms with van der Waals surface area (Å²) in [6.07, 6.45) is 4.62. The maximum atomic E-state index is 11.7. The number of anilines is 2. The van der Waals surface area contributed by atoms with Gasteiger partial charge in [0.15, 0.2) is 0 Å². The molecule has 2 aromatic rings. The van der Waals surface area contributed by atoms with Gasteiger partial charge in [-0.3, -0.25) is 4.79 Å². The number of aromatic nitrogens is 4. The number of carboxylic acid groups (broad SMARTS) is 1. The van der Waals surface area contributed by atoms with Crippen LogP contribution in [0.2, 0.25) is 11.7 Å². The monoisotopic (exact) mass is 469 g/mol. The van der Waals surface area contributed by atoms with E-state index in [1.807, 2.05) is 6.92 Å². The van der Waals surface area contributed by atoms with Crippen LogP contribution < -0.4 is 23.3 Å². The van der Waals surface area contributed by atoms with Crippen LogP contribution in [0.3, 0.4) is 0 Å². The summed E-state index contributed by atoms with van der Waals surface area (Å²) in [6.45, 7) is 2.63. The Bertz CT molecular complexity index is 782. The van der Waals surface area contributed by atoms with Crippen molar-refractivity contribution >= 4 is 46.7 Å². The molecule has 0 radical (unpaired) electrons. The van der Waals surface area contributed by atoms with E-state index in [4.69, 9.17) is 48.1 Å². The zero-order chi connectivity index (χ0) is 25.9. The number of carboxylic acids is 1. The molecule has 0 fully saturated rings. The number of carbonyl (C=O) groups is 2. The summed E-state index contributed by atoms with van der Waals surface area (Å²) in [7, 11) is 3.19. The maximum absolute atomic E-state index is 11.7. The summed E-state index contributed by atoms with van der Waals surface area (Å²) >= 11 is 11.1. The number of nitrogens with two attached hydrogens (primary N) is 3. The fraction of sp³-hybridized carbons (Fsp3) is 0.333. The fourth-order valence-corrected chi connectivity index (χ4v) is 2.05. The minimum absolute atomic E-state index is 0.0231. The number of hydrogen-bond donors (Lipinski definition) is 5. The number of aromatic carboxylic acids is 1. The Morgan fingerprint density at radius 3 is 1.87 bits per heavy atom. The summed E-state index contributed by atoms with van der Waals surface area (Å²) in [4.78, 5) is 38.0. The molecule has 0 unspecified atom stereocenters. The van der Waals surface area contributed by atoms with Crippen molar-refractivity contribution in [3.8, 4) is 0 Å². The second kappa shape index (κ2) is 16.0. The smallest absolute Gasteiger partial charge is 0.374 e. The van der Waals surface area contributed by atoms with Crippen LogP contribution in [0.25, 0.3) is 0 Å². The van der Waals surface area contributed by atoms with Crippen molar-refractivity contribution in [2.24, 2.45) is 5.73 Å². The second-order valence-corrected chi connectivity index (χ2v) is 5.68. The van der Waals surface area contributed by atoms with Crippen LogP contribution in [-0.4, -0.2) is 67.9 Å². The first-order chi connectivity index (χ1) is 15.1. The van der Waals surface area contributed by atoms with E-state index >= 15 is 0 Å². The first-order valence-electron chi connectivity index (χ1n) is 8.83. The lowest BCUT2D eigenvalue weighted by atomic mass is 10.4. The molecule has 15 heteroatoms. The van der Waals surface area contributed by atoms with Crippen LogP contribution in [0, 0.1) is 0 Å². The zero-order valence-electron chi connectivity index (χ0n) is 18.6. The molecule has 13 nitrogen and oxygen atoms in total. The Morgan fingerprint density at radius 1 is 1.10 bits per heavy atom. The van der Waals surface area contributed by atoms with Gasteiger partial charge in [0.1, 0.15) is 23.4 Å². The summed E-state index contributed by atoms with van der Waals surface area (Å²) in [6, 6.07) is 2.67. The average molecular weight is 470 g/mol. The topological polar surface area (TPSA) is 254 Å². The van der Waals surface area contributed by atoms with Crippen LogP contribution in [0.4, 0.5) is 11.6 Å². The van der Waals surface area contributed by atoms with Gasteiger partial charge in [-0.25, -0.2) is 24.7 Å². The number of nitrogens with zero attached hydrogens (tertiary/aromatic N) is 5. The van der Waals surface area contributed by atoms with Gasteiger partial charge in [0.25, 0.3) is 5.91 Å². The van der Waals surface area contributed by atoms with Gasteiger partial charge in [-0.15, -0.1) is 0 Å².